The highest BCUT2D eigenvalue weighted by molar-refractivity contribution is 5.88. The fraction of sp³-hybridized carbons (Fsp3) is 0.680. The normalized spacial score (nSPS) is 27.0. The van der Waals surface area contributed by atoms with Gasteiger partial charge in [-0.25, -0.2) is 19.6 Å². The van der Waals surface area contributed by atoms with Crippen LogP contribution in [0.2, 0.25) is 0 Å². The number of fused-ring (bicyclic) bond motifs is 3. The Balaban J connectivity index is 0.818. The van der Waals surface area contributed by atoms with Crippen LogP contribution in [0.25, 0.3) is 11.3 Å². The van der Waals surface area contributed by atoms with Crippen LogP contribution < -0.4 is 10.6 Å². The van der Waals surface area contributed by atoms with E-state index in [2.05, 4.69) is 51.1 Å². The summed E-state index contributed by atoms with van der Waals surface area (Å²) < 4.78 is 0. The molecule has 3 aliphatic carbocycles. The molecule has 4 N–H and O–H groups in total. The number of benzene rings is 1. The molecule has 10 rings (SSSR count). The number of likely N-dealkylation sites (tertiary alicyclic amines) is 4. The Morgan fingerprint density at radius 1 is 0.578 bits per heavy atom. The first-order chi connectivity index (χ1) is 30.9. The summed E-state index contributed by atoms with van der Waals surface area (Å²) in [6.07, 6.45) is 20.5. The molecule has 7 fully saturated rings. The number of amides is 6. The van der Waals surface area contributed by atoms with E-state index in [1.807, 2.05) is 53.5 Å². The third-order valence-electron chi connectivity index (χ3n) is 16.2. The number of carbonyl (C=O) groups is 4. The Morgan fingerprint density at radius 2 is 1.03 bits per heavy atom. The molecule has 14 nitrogen and oxygen atoms in total. The SMILES string of the molecule is CC(C)[C@H](NC(=O)N1CCCCC1)C(=O)N1CCC[C@H]1c1ncc(-c2ccc(C34CCC(c5cnc([C@@H]6CCCN6C(=O)[C@@H](NC(=O)N6CCCCC6)C(C)C)[nH]5)(CC3)CC4)cc2)[nH]1. The molecule has 6 heterocycles. The summed E-state index contributed by atoms with van der Waals surface area (Å²) in [4.78, 5) is 79.2. The van der Waals surface area contributed by atoms with Crippen LogP contribution in [0.5, 0.6) is 0 Å². The maximum Gasteiger partial charge on any atom is 0.318 e. The average Bonchev–Trinajstić information content (AvgIpc) is 4.18. The molecule has 4 aliphatic heterocycles. The first-order valence-electron chi connectivity index (χ1n) is 24.9. The number of aromatic nitrogens is 4. The van der Waals surface area contributed by atoms with Gasteiger partial charge in [-0.2, -0.15) is 0 Å². The summed E-state index contributed by atoms with van der Waals surface area (Å²) in [6.45, 7) is 12.4. The van der Waals surface area contributed by atoms with Gasteiger partial charge >= 0.3 is 12.1 Å². The average molecular weight is 877 g/mol. The number of hydrogen-bond donors (Lipinski definition) is 4. The zero-order valence-electron chi connectivity index (χ0n) is 38.8. The zero-order chi connectivity index (χ0) is 44.6. The quantitative estimate of drug-likeness (QED) is 0.152. The van der Waals surface area contributed by atoms with Gasteiger partial charge in [-0.05, 0) is 131 Å². The van der Waals surface area contributed by atoms with Crippen LogP contribution in [0.4, 0.5) is 9.59 Å². The number of aromatic amines is 2. The topological polar surface area (TPSA) is 163 Å². The standard InChI is InChI=1S/C50H72N10O4/c1-33(2)41(55-47(63)57-25-7-5-8-26-57)45(61)59-29-11-13-38(59)43-51-31-37(53-43)35-15-17-36(18-16-35)49-19-22-50(23-20-49,24-21-49)40-32-52-44(54-40)39-14-12-30-60(39)46(62)42(34(3)4)56-48(64)58-27-9-6-10-28-58/h15-18,31-34,38-39,41-42H,5-14,19-30H2,1-4H3,(H,51,53)(H,52,54)(H,55,63)(H,56,64)/t38-,39-,41-,42-,49?,50?/m0/s1. The van der Waals surface area contributed by atoms with Gasteiger partial charge in [0.1, 0.15) is 23.7 Å². The second-order valence-corrected chi connectivity index (χ2v) is 20.8. The summed E-state index contributed by atoms with van der Waals surface area (Å²) in [5.74, 6) is 1.60. The van der Waals surface area contributed by atoms with E-state index in [0.717, 1.165) is 152 Å². The number of imidazole rings is 2. The van der Waals surface area contributed by atoms with Crippen LogP contribution in [0.3, 0.4) is 0 Å². The van der Waals surface area contributed by atoms with Gasteiger partial charge in [0.15, 0.2) is 0 Å². The van der Waals surface area contributed by atoms with Gasteiger partial charge in [0.2, 0.25) is 11.8 Å². The molecule has 14 heteroatoms. The molecule has 1 aromatic carbocycles. The molecule has 3 aromatic rings. The second-order valence-electron chi connectivity index (χ2n) is 20.8. The Morgan fingerprint density at radius 3 is 1.52 bits per heavy atom. The maximum absolute atomic E-state index is 14.1. The zero-order valence-corrected chi connectivity index (χ0v) is 38.8. The number of nitrogens with one attached hydrogen (secondary N) is 4. The lowest BCUT2D eigenvalue weighted by Crippen LogP contribution is -2.55. The van der Waals surface area contributed by atoms with Gasteiger partial charge in [0, 0.05) is 56.6 Å². The predicted octanol–water partition coefficient (Wildman–Crippen LogP) is 8.11. The Labute approximate surface area is 379 Å². The lowest BCUT2D eigenvalue weighted by atomic mass is 9.51. The third-order valence-corrected chi connectivity index (χ3v) is 16.2. The summed E-state index contributed by atoms with van der Waals surface area (Å²) in [6, 6.07) is 7.43. The summed E-state index contributed by atoms with van der Waals surface area (Å²) in [5.41, 5.74) is 4.87. The van der Waals surface area contributed by atoms with E-state index in [1.165, 1.54) is 11.3 Å². The van der Waals surface area contributed by atoms with Crippen LogP contribution in [0.15, 0.2) is 36.7 Å². The number of hydrogen-bond acceptors (Lipinski definition) is 6. The van der Waals surface area contributed by atoms with Crippen molar-refractivity contribution in [1.82, 2.24) is 50.2 Å². The van der Waals surface area contributed by atoms with Crippen molar-refractivity contribution in [2.75, 3.05) is 39.3 Å². The monoisotopic (exact) mass is 877 g/mol. The van der Waals surface area contributed by atoms with Crippen molar-refractivity contribution in [3.8, 4) is 11.3 Å². The van der Waals surface area contributed by atoms with Gasteiger partial charge in [0.05, 0.1) is 24.0 Å². The van der Waals surface area contributed by atoms with Crippen LogP contribution >= 0.6 is 0 Å². The van der Waals surface area contributed by atoms with Crippen LogP contribution in [-0.2, 0) is 20.4 Å². The van der Waals surface area contributed by atoms with E-state index >= 15 is 0 Å². The molecule has 0 unspecified atom stereocenters. The third kappa shape index (κ3) is 8.66. The highest BCUT2D eigenvalue weighted by atomic mass is 16.2. The summed E-state index contributed by atoms with van der Waals surface area (Å²) in [5, 5.41) is 6.20. The molecule has 0 spiro atoms. The minimum Gasteiger partial charge on any atom is -0.344 e. The van der Waals surface area contributed by atoms with Gasteiger partial charge < -0.3 is 40.2 Å². The molecule has 2 aromatic heterocycles. The molecule has 64 heavy (non-hydrogen) atoms. The van der Waals surface area contributed by atoms with E-state index in [9.17, 15) is 19.2 Å². The minimum atomic E-state index is -0.576. The lowest BCUT2D eigenvalue weighted by Gasteiger charge is -2.53. The van der Waals surface area contributed by atoms with Crippen molar-refractivity contribution in [3.63, 3.8) is 0 Å². The first kappa shape index (κ1) is 44.3. The molecular weight excluding hydrogens is 805 g/mol. The van der Waals surface area contributed by atoms with E-state index < -0.39 is 12.1 Å². The van der Waals surface area contributed by atoms with E-state index in [1.54, 1.807) is 0 Å². The van der Waals surface area contributed by atoms with Crippen molar-refractivity contribution >= 4 is 23.9 Å². The molecule has 346 valence electrons. The summed E-state index contributed by atoms with van der Waals surface area (Å²) in [7, 11) is 0. The number of urea groups is 2. The van der Waals surface area contributed by atoms with Gasteiger partial charge in [-0.1, -0.05) is 52.0 Å². The molecule has 6 amide bonds. The van der Waals surface area contributed by atoms with Crippen molar-refractivity contribution in [2.24, 2.45) is 11.8 Å². The van der Waals surface area contributed by atoms with Crippen LogP contribution in [-0.4, -0.2) is 115 Å². The van der Waals surface area contributed by atoms with Gasteiger partial charge in [-0.15, -0.1) is 0 Å². The smallest absolute Gasteiger partial charge is 0.318 e. The maximum atomic E-state index is 14.1. The van der Waals surface area contributed by atoms with Crippen molar-refractivity contribution in [1.29, 1.82) is 0 Å². The Bertz CT molecular complexity index is 2110. The predicted molar refractivity (Wildman–Crippen MR) is 246 cm³/mol. The Hall–Kier alpha value is -4.88. The molecule has 7 aliphatic rings. The highest BCUT2D eigenvalue weighted by Crippen LogP contribution is 2.58. The highest BCUT2D eigenvalue weighted by Gasteiger charge is 2.51. The molecule has 2 bridgehead atoms. The Kier molecular flexibility index (Phi) is 12.8. The first-order valence-corrected chi connectivity index (χ1v) is 24.9. The van der Waals surface area contributed by atoms with Gasteiger partial charge in [0.25, 0.3) is 0 Å². The minimum absolute atomic E-state index is 0.00333. The second kappa shape index (κ2) is 18.5. The molecule has 4 saturated heterocycles. The number of carbonyl (C=O) groups excluding carboxylic acids is 4. The number of piperidine rings is 2. The summed E-state index contributed by atoms with van der Waals surface area (Å²) >= 11 is 0. The molecule has 0 radical (unpaired) electrons. The van der Waals surface area contributed by atoms with E-state index in [-0.39, 0.29) is 58.6 Å². The molecule has 3 saturated carbocycles. The number of nitrogens with zero attached hydrogens (tertiary/aromatic N) is 6. The van der Waals surface area contributed by atoms with Gasteiger partial charge in [-0.3, -0.25) is 9.59 Å². The van der Waals surface area contributed by atoms with Crippen molar-refractivity contribution in [3.05, 3.63) is 59.6 Å². The molecule has 4 atom stereocenters. The van der Waals surface area contributed by atoms with Crippen molar-refractivity contribution in [2.45, 2.75) is 165 Å². The largest absolute Gasteiger partial charge is 0.344 e. The van der Waals surface area contributed by atoms with Crippen molar-refractivity contribution < 1.29 is 19.2 Å². The number of H-pyrrole nitrogens is 2. The fourth-order valence-corrected chi connectivity index (χ4v) is 12.1. The van der Waals surface area contributed by atoms with Crippen LogP contribution in [0, 0.1) is 11.8 Å². The van der Waals surface area contributed by atoms with E-state index in [0.29, 0.717) is 13.1 Å². The van der Waals surface area contributed by atoms with Crippen LogP contribution in [0.1, 0.15) is 165 Å². The number of rotatable bonds is 11. The lowest BCUT2D eigenvalue weighted by molar-refractivity contribution is -0.136. The fourth-order valence-electron chi connectivity index (χ4n) is 12.1. The van der Waals surface area contributed by atoms with E-state index in [4.69, 9.17) is 9.97 Å². The molecular formula is C50H72N10O4.